The maximum atomic E-state index is 5.72. The molecule has 0 fully saturated rings. The number of hydrogen-bond donors (Lipinski definition) is 2. The van der Waals surface area contributed by atoms with Crippen molar-refractivity contribution in [2.75, 3.05) is 13.2 Å². The Morgan fingerprint density at radius 3 is 2.83 bits per heavy atom. The molecule has 0 spiro atoms. The molecule has 1 heterocycles. The topological polar surface area (TPSA) is 47.3 Å². The van der Waals surface area contributed by atoms with E-state index in [4.69, 9.17) is 10.5 Å². The molecule has 0 aromatic rings. The maximum absolute atomic E-state index is 5.72. The van der Waals surface area contributed by atoms with Gasteiger partial charge in [-0.05, 0) is 51.3 Å². The van der Waals surface area contributed by atoms with E-state index in [1.54, 1.807) is 0 Å². The number of allylic oxidation sites excluding steroid dienone is 7. The van der Waals surface area contributed by atoms with Crippen LogP contribution in [0.3, 0.4) is 0 Å². The molecule has 0 atom stereocenters. The van der Waals surface area contributed by atoms with Crippen LogP contribution in [-0.4, -0.2) is 13.2 Å². The lowest BCUT2D eigenvalue weighted by molar-refractivity contribution is 0.233. The average Bonchev–Trinajstić information content (AvgIpc) is 2.35. The van der Waals surface area contributed by atoms with Gasteiger partial charge in [-0.3, -0.25) is 0 Å². The minimum atomic E-state index is 0.597. The second-order valence-electron chi connectivity index (χ2n) is 4.51. The predicted molar refractivity (Wildman–Crippen MR) is 76.7 cm³/mol. The molecule has 0 unspecified atom stereocenters. The molecule has 0 aromatic heterocycles. The van der Waals surface area contributed by atoms with Crippen LogP contribution < -0.4 is 11.1 Å². The summed E-state index contributed by atoms with van der Waals surface area (Å²) in [6.45, 7) is 7.47. The van der Waals surface area contributed by atoms with E-state index in [0.29, 0.717) is 6.61 Å². The van der Waals surface area contributed by atoms with Gasteiger partial charge in [-0.25, -0.2) is 0 Å². The predicted octanol–water partition coefficient (Wildman–Crippen LogP) is 2.98. The normalized spacial score (nSPS) is 18.2. The summed E-state index contributed by atoms with van der Waals surface area (Å²) in [4.78, 5) is 0. The van der Waals surface area contributed by atoms with Crippen molar-refractivity contribution in [1.82, 2.24) is 5.32 Å². The summed E-state index contributed by atoms with van der Waals surface area (Å²) < 4.78 is 5.72. The summed E-state index contributed by atoms with van der Waals surface area (Å²) in [6.07, 6.45) is 10.3. The van der Waals surface area contributed by atoms with Crippen molar-refractivity contribution in [3.8, 4) is 0 Å². The fourth-order valence-electron chi connectivity index (χ4n) is 1.79. The zero-order chi connectivity index (χ0) is 13.4. The third-order valence-electron chi connectivity index (χ3n) is 2.74. The van der Waals surface area contributed by atoms with Gasteiger partial charge in [-0.1, -0.05) is 12.2 Å². The number of hydrogen-bond acceptors (Lipinski definition) is 3. The van der Waals surface area contributed by atoms with Gasteiger partial charge in [0.25, 0.3) is 0 Å². The van der Waals surface area contributed by atoms with Crippen molar-refractivity contribution >= 4 is 0 Å². The molecule has 0 aromatic carbocycles. The third kappa shape index (κ3) is 5.13. The Bertz CT molecular complexity index is 385. The fraction of sp³-hybridized carbons (Fsp3) is 0.467. The van der Waals surface area contributed by atoms with E-state index < -0.39 is 0 Å². The van der Waals surface area contributed by atoms with Crippen LogP contribution in [0.5, 0.6) is 0 Å². The van der Waals surface area contributed by atoms with Gasteiger partial charge < -0.3 is 15.8 Å². The van der Waals surface area contributed by atoms with Crippen molar-refractivity contribution < 1.29 is 4.74 Å². The first-order valence-corrected chi connectivity index (χ1v) is 6.45. The van der Waals surface area contributed by atoms with Crippen molar-refractivity contribution in [1.29, 1.82) is 0 Å². The van der Waals surface area contributed by atoms with Gasteiger partial charge >= 0.3 is 0 Å². The highest BCUT2D eigenvalue weighted by Gasteiger charge is 2.10. The van der Waals surface area contributed by atoms with Crippen molar-refractivity contribution in [3.05, 3.63) is 47.0 Å². The van der Waals surface area contributed by atoms with Crippen LogP contribution in [0.2, 0.25) is 0 Å². The molecule has 0 radical (unpaired) electrons. The molecule has 3 N–H and O–H groups in total. The molecule has 1 aliphatic heterocycles. The van der Waals surface area contributed by atoms with Gasteiger partial charge in [-0.15, -0.1) is 0 Å². The van der Waals surface area contributed by atoms with Gasteiger partial charge in [0.2, 0.25) is 0 Å². The first-order valence-electron chi connectivity index (χ1n) is 6.45. The Morgan fingerprint density at radius 2 is 2.17 bits per heavy atom. The highest BCUT2D eigenvalue weighted by molar-refractivity contribution is 5.27. The SMILES string of the molecule is C/C=C\C1=C(CO/C(C)=C/C=C(\C)N)NCCC1. The van der Waals surface area contributed by atoms with Crippen LogP contribution in [0.4, 0.5) is 0 Å². The smallest absolute Gasteiger partial charge is 0.127 e. The fourth-order valence-corrected chi connectivity index (χ4v) is 1.79. The van der Waals surface area contributed by atoms with E-state index in [1.165, 1.54) is 17.7 Å². The third-order valence-corrected chi connectivity index (χ3v) is 2.74. The van der Waals surface area contributed by atoms with Crippen LogP contribution >= 0.6 is 0 Å². The summed E-state index contributed by atoms with van der Waals surface area (Å²) in [7, 11) is 0. The molecule has 3 nitrogen and oxygen atoms in total. The first-order chi connectivity index (χ1) is 8.63. The lowest BCUT2D eigenvalue weighted by atomic mass is 10.0. The molecule has 0 saturated carbocycles. The lowest BCUT2D eigenvalue weighted by Gasteiger charge is -2.21. The van der Waals surface area contributed by atoms with Crippen molar-refractivity contribution in [2.24, 2.45) is 5.73 Å². The second-order valence-corrected chi connectivity index (χ2v) is 4.51. The van der Waals surface area contributed by atoms with Crippen LogP contribution in [-0.2, 0) is 4.74 Å². The van der Waals surface area contributed by atoms with E-state index in [2.05, 4.69) is 17.5 Å². The van der Waals surface area contributed by atoms with Crippen LogP contribution in [0.1, 0.15) is 33.6 Å². The molecule has 3 heteroatoms. The van der Waals surface area contributed by atoms with E-state index in [-0.39, 0.29) is 0 Å². The number of nitrogens with two attached hydrogens (primary N) is 1. The van der Waals surface area contributed by atoms with Crippen LogP contribution in [0.15, 0.2) is 47.0 Å². The molecule has 0 saturated heterocycles. The van der Waals surface area contributed by atoms with Gasteiger partial charge in [-0.2, -0.15) is 0 Å². The summed E-state index contributed by atoms with van der Waals surface area (Å²) >= 11 is 0. The average molecular weight is 248 g/mol. The largest absolute Gasteiger partial charge is 0.492 e. The summed E-state index contributed by atoms with van der Waals surface area (Å²) in [5.74, 6) is 0.875. The van der Waals surface area contributed by atoms with E-state index in [1.807, 2.05) is 32.9 Å². The molecular weight excluding hydrogens is 224 g/mol. The second kappa shape index (κ2) is 7.64. The molecule has 1 rings (SSSR count). The van der Waals surface area contributed by atoms with E-state index >= 15 is 0 Å². The summed E-state index contributed by atoms with van der Waals surface area (Å²) in [5.41, 5.74) is 8.90. The number of nitrogens with one attached hydrogen (secondary N) is 1. The minimum Gasteiger partial charge on any atom is -0.492 e. The van der Waals surface area contributed by atoms with E-state index in [9.17, 15) is 0 Å². The van der Waals surface area contributed by atoms with Crippen LogP contribution in [0.25, 0.3) is 0 Å². The van der Waals surface area contributed by atoms with Gasteiger partial charge in [0.05, 0.1) is 11.5 Å². The van der Waals surface area contributed by atoms with Crippen molar-refractivity contribution in [3.63, 3.8) is 0 Å². The number of ether oxygens (including phenoxy) is 1. The molecule has 18 heavy (non-hydrogen) atoms. The highest BCUT2D eigenvalue weighted by Crippen LogP contribution is 2.17. The Kier molecular flexibility index (Phi) is 6.12. The number of rotatable bonds is 5. The molecule has 0 aliphatic carbocycles. The summed E-state index contributed by atoms with van der Waals surface area (Å²) in [5, 5.41) is 3.41. The summed E-state index contributed by atoms with van der Waals surface area (Å²) in [6, 6.07) is 0. The Morgan fingerprint density at radius 1 is 1.39 bits per heavy atom. The molecule has 1 aliphatic rings. The maximum Gasteiger partial charge on any atom is 0.127 e. The highest BCUT2D eigenvalue weighted by atomic mass is 16.5. The molecule has 0 amide bonds. The Hall–Kier alpha value is -1.64. The van der Waals surface area contributed by atoms with Crippen LogP contribution in [0, 0.1) is 0 Å². The van der Waals surface area contributed by atoms with Gasteiger partial charge in [0, 0.05) is 12.2 Å². The zero-order valence-electron chi connectivity index (χ0n) is 11.6. The van der Waals surface area contributed by atoms with Crippen molar-refractivity contribution in [2.45, 2.75) is 33.6 Å². The standard InChI is InChI=1S/C15H24N2O/c1-4-6-14-7-5-10-17-15(14)11-18-13(3)9-8-12(2)16/h4,6,8-9,17H,5,7,10-11,16H2,1-3H3/b6-4-,12-8+,13-9+. The molecule has 100 valence electrons. The lowest BCUT2D eigenvalue weighted by Crippen LogP contribution is -2.24. The van der Waals surface area contributed by atoms with Gasteiger partial charge in [0.1, 0.15) is 6.61 Å². The Labute approximate surface area is 110 Å². The quantitative estimate of drug-likeness (QED) is 0.581. The first kappa shape index (κ1) is 14.4. The zero-order valence-corrected chi connectivity index (χ0v) is 11.6. The molecule has 0 bridgehead atoms. The van der Waals surface area contributed by atoms with E-state index in [0.717, 1.165) is 24.4 Å². The monoisotopic (exact) mass is 248 g/mol. The minimum absolute atomic E-state index is 0.597. The Balaban J connectivity index is 2.60. The molecular formula is C15H24N2O. The van der Waals surface area contributed by atoms with Gasteiger partial charge in [0.15, 0.2) is 0 Å².